The van der Waals surface area contributed by atoms with Gasteiger partial charge in [0.05, 0.1) is 13.1 Å². The first kappa shape index (κ1) is 12.2. The second kappa shape index (κ2) is 5.09. The highest BCUT2D eigenvalue weighted by atomic mass is 15.6. The zero-order valence-electron chi connectivity index (χ0n) is 11.8. The number of hydrogen-bond acceptors (Lipinski definition) is 4. The molecule has 21 heavy (non-hydrogen) atoms. The normalized spacial score (nSPS) is 15.6. The van der Waals surface area contributed by atoms with Crippen LogP contribution in [0.3, 0.4) is 0 Å². The molecule has 0 bridgehead atoms. The molecule has 5 heteroatoms. The molecule has 0 amide bonds. The molecule has 3 heterocycles. The maximum absolute atomic E-state index is 4.32. The molecule has 1 aliphatic heterocycles. The zero-order chi connectivity index (χ0) is 14.1. The van der Waals surface area contributed by atoms with Gasteiger partial charge in [-0.25, -0.2) is 9.97 Å². The van der Waals surface area contributed by atoms with Crippen LogP contribution in [0, 0.1) is 0 Å². The summed E-state index contributed by atoms with van der Waals surface area (Å²) in [7, 11) is 0. The van der Waals surface area contributed by atoms with E-state index in [0.717, 1.165) is 32.1 Å². The standard InChI is InChI=1S/C16H17N5/c1-2-5-15-13-21(12-14(15)4-1)20-10-8-19(9-11-20)16-17-6-3-7-18-16/h1-7,12-13H,8-11H2. The Hall–Kier alpha value is -2.56. The minimum atomic E-state index is 0.829. The van der Waals surface area contributed by atoms with E-state index < -0.39 is 0 Å². The van der Waals surface area contributed by atoms with Crippen molar-refractivity contribution in [2.24, 2.45) is 0 Å². The molecule has 2 aromatic heterocycles. The average Bonchev–Trinajstić information content (AvgIpc) is 3.00. The van der Waals surface area contributed by atoms with Crippen LogP contribution in [0.25, 0.3) is 10.8 Å². The van der Waals surface area contributed by atoms with Crippen LogP contribution in [0.5, 0.6) is 0 Å². The molecular formula is C16H17N5. The summed E-state index contributed by atoms with van der Waals surface area (Å²) in [4.78, 5) is 10.9. The van der Waals surface area contributed by atoms with Crippen molar-refractivity contribution < 1.29 is 0 Å². The van der Waals surface area contributed by atoms with Gasteiger partial charge in [0.25, 0.3) is 0 Å². The van der Waals surface area contributed by atoms with Crippen LogP contribution in [0.4, 0.5) is 5.95 Å². The van der Waals surface area contributed by atoms with Crippen molar-refractivity contribution in [3.8, 4) is 0 Å². The number of anilines is 1. The number of rotatable bonds is 2. The summed E-state index contributed by atoms with van der Waals surface area (Å²) in [6.07, 6.45) is 7.99. The van der Waals surface area contributed by atoms with Gasteiger partial charge in [0.1, 0.15) is 0 Å². The van der Waals surface area contributed by atoms with E-state index >= 15 is 0 Å². The monoisotopic (exact) mass is 279 g/mol. The minimum Gasteiger partial charge on any atom is -0.337 e. The van der Waals surface area contributed by atoms with Crippen molar-refractivity contribution in [1.29, 1.82) is 0 Å². The van der Waals surface area contributed by atoms with Gasteiger partial charge in [-0.1, -0.05) is 24.3 Å². The molecule has 0 N–H and O–H groups in total. The van der Waals surface area contributed by atoms with Crippen LogP contribution in [0.15, 0.2) is 55.1 Å². The molecule has 1 fully saturated rings. The topological polar surface area (TPSA) is 37.2 Å². The first-order chi connectivity index (χ1) is 10.4. The molecule has 0 saturated carbocycles. The van der Waals surface area contributed by atoms with Crippen LogP contribution >= 0.6 is 0 Å². The van der Waals surface area contributed by atoms with E-state index in [2.05, 4.69) is 61.2 Å². The maximum Gasteiger partial charge on any atom is 0.225 e. The second-order valence-corrected chi connectivity index (χ2v) is 5.26. The molecule has 0 radical (unpaired) electrons. The molecule has 5 nitrogen and oxygen atoms in total. The third kappa shape index (κ3) is 2.31. The Morgan fingerprint density at radius 2 is 1.38 bits per heavy atom. The van der Waals surface area contributed by atoms with Crippen molar-refractivity contribution in [2.75, 3.05) is 36.1 Å². The number of nitrogens with zero attached hydrogens (tertiary/aromatic N) is 5. The van der Waals surface area contributed by atoms with Crippen LogP contribution in [-0.2, 0) is 0 Å². The maximum atomic E-state index is 4.32. The third-order valence-electron chi connectivity index (χ3n) is 3.96. The van der Waals surface area contributed by atoms with E-state index in [1.165, 1.54) is 10.8 Å². The number of hydrogen-bond donors (Lipinski definition) is 0. The Morgan fingerprint density at radius 1 is 0.762 bits per heavy atom. The third-order valence-corrected chi connectivity index (χ3v) is 3.96. The van der Waals surface area contributed by atoms with Gasteiger partial charge >= 0.3 is 0 Å². The van der Waals surface area contributed by atoms with Crippen LogP contribution in [0.1, 0.15) is 0 Å². The lowest BCUT2D eigenvalue weighted by Crippen LogP contribution is -2.51. The van der Waals surface area contributed by atoms with Gasteiger partial charge in [-0.15, -0.1) is 0 Å². The molecule has 0 atom stereocenters. The van der Waals surface area contributed by atoms with Gasteiger partial charge in [0.15, 0.2) is 0 Å². The predicted octanol–water partition coefficient (Wildman–Crippen LogP) is 1.89. The molecule has 0 unspecified atom stereocenters. The largest absolute Gasteiger partial charge is 0.337 e. The molecule has 0 aliphatic carbocycles. The molecular weight excluding hydrogens is 262 g/mol. The van der Waals surface area contributed by atoms with Gasteiger partial charge in [-0.2, -0.15) is 0 Å². The van der Waals surface area contributed by atoms with Gasteiger partial charge < -0.3 is 9.91 Å². The van der Waals surface area contributed by atoms with Gasteiger partial charge in [-0.3, -0.25) is 4.68 Å². The Bertz CT molecular complexity index is 696. The fraction of sp³-hybridized carbons (Fsp3) is 0.250. The van der Waals surface area contributed by atoms with Crippen LogP contribution in [-0.4, -0.2) is 40.8 Å². The molecule has 3 aromatic rings. The Kier molecular flexibility index (Phi) is 2.96. The quantitative estimate of drug-likeness (QED) is 0.718. The SMILES string of the molecule is c1cnc(N2CCN(n3cc4ccccc4c3)CC2)nc1. The summed E-state index contributed by atoms with van der Waals surface area (Å²) in [5, 5.41) is 4.93. The van der Waals surface area contributed by atoms with Crippen molar-refractivity contribution in [1.82, 2.24) is 14.6 Å². The number of aromatic nitrogens is 3. The smallest absolute Gasteiger partial charge is 0.225 e. The van der Waals surface area contributed by atoms with Crippen LogP contribution < -0.4 is 9.91 Å². The first-order valence-electron chi connectivity index (χ1n) is 7.24. The summed E-state index contributed by atoms with van der Waals surface area (Å²) in [5.74, 6) is 0.829. The predicted molar refractivity (Wildman–Crippen MR) is 84.1 cm³/mol. The summed E-state index contributed by atoms with van der Waals surface area (Å²) in [5.41, 5.74) is 0. The van der Waals surface area contributed by atoms with Crippen molar-refractivity contribution in [3.63, 3.8) is 0 Å². The summed E-state index contributed by atoms with van der Waals surface area (Å²) in [6, 6.07) is 10.3. The Morgan fingerprint density at radius 3 is 2.00 bits per heavy atom. The van der Waals surface area contributed by atoms with E-state index in [1.807, 2.05) is 6.07 Å². The molecule has 0 spiro atoms. The van der Waals surface area contributed by atoms with Gasteiger partial charge in [-0.05, 0) is 6.07 Å². The van der Waals surface area contributed by atoms with E-state index in [1.54, 1.807) is 12.4 Å². The van der Waals surface area contributed by atoms with E-state index in [-0.39, 0.29) is 0 Å². The van der Waals surface area contributed by atoms with Crippen molar-refractivity contribution >= 4 is 16.7 Å². The second-order valence-electron chi connectivity index (χ2n) is 5.26. The molecule has 4 rings (SSSR count). The Balaban J connectivity index is 1.50. The minimum absolute atomic E-state index is 0.829. The van der Waals surface area contributed by atoms with Gasteiger partial charge in [0.2, 0.25) is 5.95 Å². The lowest BCUT2D eigenvalue weighted by Gasteiger charge is -2.36. The summed E-state index contributed by atoms with van der Waals surface area (Å²) in [6.45, 7) is 3.83. The van der Waals surface area contributed by atoms with E-state index in [0.29, 0.717) is 0 Å². The van der Waals surface area contributed by atoms with Crippen molar-refractivity contribution in [2.45, 2.75) is 0 Å². The summed E-state index contributed by atoms with van der Waals surface area (Å²) < 4.78 is 2.22. The number of piperazine rings is 1. The lowest BCUT2D eigenvalue weighted by molar-refractivity contribution is 0.525. The number of benzene rings is 1. The molecule has 106 valence electrons. The highest BCUT2D eigenvalue weighted by Gasteiger charge is 2.18. The molecule has 1 saturated heterocycles. The fourth-order valence-corrected chi connectivity index (χ4v) is 2.81. The molecule has 1 aliphatic rings. The van der Waals surface area contributed by atoms with E-state index in [4.69, 9.17) is 0 Å². The summed E-state index contributed by atoms with van der Waals surface area (Å²) >= 11 is 0. The highest BCUT2D eigenvalue weighted by molar-refractivity contribution is 5.82. The average molecular weight is 279 g/mol. The zero-order valence-corrected chi connectivity index (χ0v) is 11.8. The first-order valence-corrected chi connectivity index (χ1v) is 7.24. The lowest BCUT2D eigenvalue weighted by atomic mass is 10.2. The van der Waals surface area contributed by atoms with E-state index in [9.17, 15) is 0 Å². The van der Waals surface area contributed by atoms with Crippen molar-refractivity contribution in [3.05, 3.63) is 55.1 Å². The molecule has 1 aromatic carbocycles. The van der Waals surface area contributed by atoms with Crippen LogP contribution in [0.2, 0.25) is 0 Å². The Labute approximate surface area is 123 Å². The number of fused-ring (bicyclic) bond motifs is 1. The fourth-order valence-electron chi connectivity index (χ4n) is 2.81. The van der Waals surface area contributed by atoms with Gasteiger partial charge in [0, 0.05) is 48.6 Å². The highest BCUT2D eigenvalue weighted by Crippen LogP contribution is 2.16.